The van der Waals surface area contributed by atoms with Crippen molar-refractivity contribution in [3.8, 4) is 11.5 Å². The number of ether oxygens (including phenoxy) is 3. The van der Waals surface area contributed by atoms with Crippen molar-refractivity contribution in [2.45, 2.75) is 48.7 Å². The molecule has 0 N–H and O–H groups in total. The Morgan fingerprint density at radius 2 is 1.82 bits per heavy atom. The number of amides is 1. The summed E-state index contributed by atoms with van der Waals surface area (Å²) in [5.74, 6) is -0.612. The summed E-state index contributed by atoms with van der Waals surface area (Å²) in [7, 11) is -0.996. The zero-order chi connectivity index (χ0) is 35.5. The molecule has 2 fully saturated rings. The highest BCUT2D eigenvalue weighted by Crippen LogP contribution is 2.39. The normalized spacial score (nSPS) is 17.2. The molecule has 0 bridgehead atoms. The third kappa shape index (κ3) is 9.25. The van der Waals surface area contributed by atoms with Gasteiger partial charge in [0, 0.05) is 43.9 Å². The van der Waals surface area contributed by atoms with Crippen LogP contribution in [0, 0.1) is 11.1 Å². The van der Waals surface area contributed by atoms with E-state index in [0.717, 1.165) is 25.2 Å². The van der Waals surface area contributed by atoms with E-state index in [-0.39, 0.29) is 75.4 Å². The molecule has 0 radical (unpaired) electrons. The second kappa shape index (κ2) is 15.7. The highest BCUT2D eigenvalue weighted by Gasteiger charge is 2.38. The van der Waals surface area contributed by atoms with Gasteiger partial charge in [0.15, 0.2) is 23.9 Å². The van der Waals surface area contributed by atoms with Gasteiger partial charge in [0.05, 0.1) is 23.3 Å². The standard InChI is InChI=1S/C32H33Cl2F2N3O8S2/c1-37(2)31(41)21-4-3-5-22(12-21)49(43,44)39-10-11-48-29(39)15-30(40)46-27(14-23-24(33)16-38(42)17-25(23)34)20-8-9-26(47-32(35)36)28(13-20)45-18-19-6-7-19/h3-5,8-9,12-13,16-17,19,27,29,32H,6-7,10-11,14-15,18H2,1-2H3/t27-,29?/m0/s1. The van der Waals surface area contributed by atoms with Crippen molar-refractivity contribution in [3.63, 3.8) is 0 Å². The molecule has 1 aliphatic carbocycles. The zero-order valence-corrected chi connectivity index (χ0v) is 29.5. The van der Waals surface area contributed by atoms with Crippen LogP contribution in [0.2, 0.25) is 10.0 Å². The second-order valence-corrected chi connectivity index (χ2v) is 15.7. The van der Waals surface area contributed by atoms with Gasteiger partial charge < -0.3 is 24.3 Å². The van der Waals surface area contributed by atoms with Gasteiger partial charge >= 0.3 is 12.6 Å². The number of hydrogen-bond acceptors (Lipinski definition) is 9. The minimum absolute atomic E-state index is 0.00463. The summed E-state index contributed by atoms with van der Waals surface area (Å²) in [6, 6.07) is 9.83. The van der Waals surface area contributed by atoms with Crippen molar-refractivity contribution >= 4 is 56.9 Å². The van der Waals surface area contributed by atoms with Gasteiger partial charge in [0.25, 0.3) is 5.91 Å². The molecule has 2 aliphatic rings. The number of halogens is 4. The third-order valence-corrected chi connectivity index (χ3v) is 11.7. The Balaban J connectivity index is 1.40. The lowest BCUT2D eigenvalue weighted by atomic mass is 10.0. The van der Waals surface area contributed by atoms with Crippen LogP contribution in [0.4, 0.5) is 8.78 Å². The van der Waals surface area contributed by atoms with Crippen LogP contribution in [0.3, 0.4) is 0 Å². The number of thioether (sulfide) groups is 1. The van der Waals surface area contributed by atoms with E-state index >= 15 is 0 Å². The van der Waals surface area contributed by atoms with E-state index in [1.54, 1.807) is 14.1 Å². The number of nitrogens with zero attached hydrogens (tertiary/aromatic N) is 3. The molecule has 1 saturated heterocycles. The average molecular weight is 761 g/mol. The monoisotopic (exact) mass is 759 g/mol. The van der Waals surface area contributed by atoms with Crippen LogP contribution < -0.4 is 14.2 Å². The fourth-order valence-corrected chi connectivity index (χ4v) is 8.99. The topological polar surface area (TPSA) is 129 Å². The van der Waals surface area contributed by atoms with Crippen molar-refractivity contribution in [3.05, 3.63) is 86.8 Å². The Bertz CT molecular complexity index is 1790. The first kappa shape index (κ1) is 36.9. The summed E-state index contributed by atoms with van der Waals surface area (Å²) >= 11 is 14.0. The second-order valence-electron chi connectivity index (χ2n) is 11.7. The van der Waals surface area contributed by atoms with Crippen LogP contribution in [0.1, 0.15) is 46.9 Å². The lowest BCUT2D eigenvalue weighted by Gasteiger charge is -2.25. The van der Waals surface area contributed by atoms with Gasteiger partial charge in [-0.1, -0.05) is 35.3 Å². The molecule has 11 nitrogen and oxygen atoms in total. The van der Waals surface area contributed by atoms with Gasteiger partial charge in [0.1, 0.15) is 16.1 Å². The summed E-state index contributed by atoms with van der Waals surface area (Å²) in [5.41, 5.74) is 0.814. The maximum atomic E-state index is 13.7. The SMILES string of the molecule is CN(C)C(=O)c1cccc(S(=O)(=O)N2CCSC2CC(=O)O[C@@H](Cc2c(Cl)c[n+]([O-])cc2Cl)c2ccc(OC(F)F)c(OCC3CC3)c2)c1. The molecule has 1 saturated carbocycles. The number of pyridine rings is 1. The predicted octanol–water partition coefficient (Wildman–Crippen LogP) is 5.70. The largest absolute Gasteiger partial charge is 0.619 e. The van der Waals surface area contributed by atoms with Crippen LogP contribution in [-0.2, 0) is 26.0 Å². The van der Waals surface area contributed by atoms with Crippen molar-refractivity contribution in [2.75, 3.05) is 33.0 Å². The van der Waals surface area contributed by atoms with Crippen molar-refractivity contribution in [2.24, 2.45) is 5.92 Å². The smallest absolute Gasteiger partial charge is 0.387 e. The first-order chi connectivity index (χ1) is 23.2. The van der Waals surface area contributed by atoms with Gasteiger partial charge in [-0.2, -0.15) is 17.8 Å². The van der Waals surface area contributed by atoms with Crippen molar-refractivity contribution < 1.29 is 45.7 Å². The average Bonchev–Trinajstić information content (AvgIpc) is 3.76. The Morgan fingerprint density at radius 3 is 2.47 bits per heavy atom. The van der Waals surface area contributed by atoms with Crippen LogP contribution in [0.25, 0.3) is 0 Å². The zero-order valence-electron chi connectivity index (χ0n) is 26.4. The molecule has 0 spiro atoms. The maximum Gasteiger partial charge on any atom is 0.387 e. The minimum Gasteiger partial charge on any atom is -0.619 e. The van der Waals surface area contributed by atoms with E-state index in [4.69, 9.17) is 32.7 Å². The Hall–Kier alpha value is -3.37. The lowest BCUT2D eigenvalue weighted by molar-refractivity contribution is -0.605. The van der Waals surface area contributed by atoms with Gasteiger partial charge in [-0.3, -0.25) is 9.59 Å². The molecule has 1 aromatic heterocycles. The summed E-state index contributed by atoms with van der Waals surface area (Å²) in [6.45, 7) is -2.71. The number of rotatable bonds is 14. The Kier molecular flexibility index (Phi) is 11.8. The summed E-state index contributed by atoms with van der Waals surface area (Å²) < 4.78 is 71.8. The highest BCUT2D eigenvalue weighted by molar-refractivity contribution is 8.01. The quantitative estimate of drug-likeness (QED) is 0.116. The number of esters is 1. The lowest BCUT2D eigenvalue weighted by Crippen LogP contribution is -2.36. The van der Waals surface area contributed by atoms with Crippen LogP contribution in [0.5, 0.6) is 11.5 Å². The van der Waals surface area contributed by atoms with Crippen molar-refractivity contribution in [1.82, 2.24) is 9.21 Å². The fraction of sp³-hybridized carbons (Fsp3) is 0.406. The first-order valence-electron chi connectivity index (χ1n) is 15.2. The van der Waals surface area contributed by atoms with E-state index in [2.05, 4.69) is 4.74 Å². The van der Waals surface area contributed by atoms with E-state index in [0.29, 0.717) is 16.0 Å². The van der Waals surface area contributed by atoms with Gasteiger partial charge in [-0.15, -0.1) is 11.8 Å². The molecule has 1 aliphatic heterocycles. The summed E-state index contributed by atoms with van der Waals surface area (Å²) in [6.07, 6.45) is 2.50. The number of carbonyl (C=O) groups is 2. The number of sulfonamides is 1. The summed E-state index contributed by atoms with van der Waals surface area (Å²) in [5, 5.41) is 11.1. The predicted molar refractivity (Wildman–Crippen MR) is 178 cm³/mol. The molecular formula is C32H33Cl2F2N3O8S2. The van der Waals surface area contributed by atoms with Crippen molar-refractivity contribution in [1.29, 1.82) is 0 Å². The van der Waals surface area contributed by atoms with Crippen LogP contribution in [0.15, 0.2) is 59.8 Å². The third-order valence-electron chi connectivity index (χ3n) is 7.83. The van der Waals surface area contributed by atoms with Gasteiger partial charge in [-0.05, 0) is 54.7 Å². The number of benzene rings is 2. The van der Waals surface area contributed by atoms with E-state index in [1.807, 2.05) is 0 Å². The molecule has 2 atom stereocenters. The van der Waals surface area contributed by atoms with E-state index in [1.165, 1.54) is 63.4 Å². The van der Waals surface area contributed by atoms with Crippen LogP contribution >= 0.6 is 35.0 Å². The number of carbonyl (C=O) groups excluding carboxylic acids is 2. The number of hydrogen-bond donors (Lipinski definition) is 0. The first-order valence-corrected chi connectivity index (χ1v) is 18.4. The molecular weight excluding hydrogens is 727 g/mol. The van der Waals surface area contributed by atoms with Crippen LogP contribution in [-0.4, -0.2) is 74.5 Å². The molecule has 2 aromatic carbocycles. The fourth-order valence-electron chi connectivity index (χ4n) is 5.14. The Labute approximate surface area is 296 Å². The Morgan fingerprint density at radius 1 is 1.10 bits per heavy atom. The molecule has 5 rings (SSSR count). The minimum atomic E-state index is -4.11. The highest BCUT2D eigenvalue weighted by atomic mass is 35.5. The van der Waals surface area contributed by atoms with Gasteiger partial charge in [-0.25, -0.2) is 8.42 Å². The number of alkyl halides is 2. The molecule has 2 heterocycles. The number of aromatic nitrogens is 1. The molecule has 1 amide bonds. The maximum absolute atomic E-state index is 13.7. The molecule has 1 unspecified atom stereocenters. The molecule has 3 aromatic rings. The molecule has 17 heteroatoms. The summed E-state index contributed by atoms with van der Waals surface area (Å²) in [4.78, 5) is 27.3. The van der Waals surface area contributed by atoms with E-state index < -0.39 is 34.1 Å². The molecule has 49 heavy (non-hydrogen) atoms. The van der Waals surface area contributed by atoms with E-state index in [9.17, 15) is 32.0 Å². The van der Waals surface area contributed by atoms with Gasteiger partial charge in [0.2, 0.25) is 10.0 Å². The molecule has 264 valence electrons.